The summed E-state index contributed by atoms with van der Waals surface area (Å²) in [5.41, 5.74) is 1.48. The molecular formula is C23H17N5O2S. The monoisotopic (exact) mass is 427 g/mol. The van der Waals surface area contributed by atoms with E-state index < -0.39 is 0 Å². The van der Waals surface area contributed by atoms with Gasteiger partial charge in [-0.3, -0.25) is 4.79 Å². The molecule has 0 atom stereocenters. The molecular weight excluding hydrogens is 410 g/mol. The first kappa shape index (κ1) is 19.0. The van der Waals surface area contributed by atoms with Crippen LogP contribution in [-0.2, 0) is 0 Å². The van der Waals surface area contributed by atoms with Crippen molar-refractivity contribution in [1.82, 2.24) is 19.5 Å². The Morgan fingerprint density at radius 3 is 2.52 bits per heavy atom. The minimum Gasteiger partial charge on any atom is -0.439 e. The molecule has 1 N–H and O–H groups in total. The number of nitrogens with one attached hydrogen (secondary N) is 1. The van der Waals surface area contributed by atoms with Crippen LogP contribution in [0.3, 0.4) is 0 Å². The van der Waals surface area contributed by atoms with Crippen LogP contribution in [0.15, 0.2) is 79.1 Å². The van der Waals surface area contributed by atoms with Crippen molar-refractivity contribution in [2.24, 2.45) is 0 Å². The van der Waals surface area contributed by atoms with E-state index in [2.05, 4.69) is 20.3 Å². The summed E-state index contributed by atoms with van der Waals surface area (Å²) < 4.78 is 8.77. The normalized spacial score (nSPS) is 10.9. The first-order valence-electron chi connectivity index (χ1n) is 9.58. The van der Waals surface area contributed by atoms with Gasteiger partial charge in [0, 0.05) is 24.1 Å². The van der Waals surface area contributed by atoms with Gasteiger partial charge in [-0.25, -0.2) is 9.97 Å². The Morgan fingerprint density at radius 1 is 0.968 bits per heavy atom. The summed E-state index contributed by atoms with van der Waals surface area (Å²) in [7, 11) is 0. The summed E-state index contributed by atoms with van der Waals surface area (Å²) in [4.78, 5) is 25.7. The average molecular weight is 427 g/mol. The molecule has 0 aliphatic carbocycles. The number of aromatic nitrogens is 4. The van der Waals surface area contributed by atoms with Crippen LogP contribution < -0.4 is 10.1 Å². The molecule has 8 heteroatoms. The van der Waals surface area contributed by atoms with Gasteiger partial charge in [-0.1, -0.05) is 12.1 Å². The number of amides is 1. The Labute approximate surface area is 182 Å². The van der Waals surface area contributed by atoms with Gasteiger partial charge in [-0.15, -0.1) is 11.3 Å². The van der Waals surface area contributed by atoms with E-state index in [0.29, 0.717) is 28.1 Å². The number of carbonyl (C=O) groups is 1. The molecule has 3 heterocycles. The highest BCUT2D eigenvalue weighted by molar-refractivity contribution is 7.20. The predicted molar refractivity (Wildman–Crippen MR) is 120 cm³/mol. The lowest BCUT2D eigenvalue weighted by Crippen LogP contribution is -2.11. The summed E-state index contributed by atoms with van der Waals surface area (Å²) in [6.07, 6.45) is 3.82. The number of anilines is 1. The Kier molecular flexibility index (Phi) is 4.89. The topological polar surface area (TPSA) is 81.9 Å². The number of hydrogen-bond acceptors (Lipinski definition) is 6. The zero-order valence-corrected chi connectivity index (χ0v) is 17.3. The van der Waals surface area contributed by atoms with Crippen molar-refractivity contribution in [2.45, 2.75) is 6.92 Å². The smallest absolute Gasteiger partial charge is 0.284 e. The highest BCUT2D eigenvalue weighted by Gasteiger charge is 2.12. The van der Waals surface area contributed by atoms with Crippen LogP contribution in [0.5, 0.6) is 11.6 Å². The number of rotatable bonds is 5. The maximum Gasteiger partial charge on any atom is 0.284 e. The van der Waals surface area contributed by atoms with Gasteiger partial charge in [0.25, 0.3) is 5.91 Å². The lowest BCUT2D eigenvalue weighted by atomic mass is 10.3. The van der Waals surface area contributed by atoms with Crippen molar-refractivity contribution < 1.29 is 9.53 Å². The second-order valence-corrected chi connectivity index (χ2v) is 7.80. The maximum absolute atomic E-state index is 12.5. The summed E-state index contributed by atoms with van der Waals surface area (Å²) >= 11 is 1.37. The van der Waals surface area contributed by atoms with Gasteiger partial charge in [0.15, 0.2) is 5.01 Å². The molecule has 7 nitrogen and oxygen atoms in total. The Balaban J connectivity index is 1.29. The number of hydrogen-bond donors (Lipinski definition) is 1. The standard InChI is InChI=1S/C23H17N5O2S/c1-15-24-20(28-12-4-5-13-28)14-21(25-15)30-17-10-8-16(9-11-17)26-22(29)23-27-18-6-2-3-7-19(18)31-23/h2-14H,1H3,(H,26,29). The van der Waals surface area contributed by atoms with Crippen molar-refractivity contribution in [2.75, 3.05) is 5.32 Å². The molecule has 0 fully saturated rings. The highest BCUT2D eigenvalue weighted by Crippen LogP contribution is 2.25. The second kappa shape index (κ2) is 8.00. The van der Waals surface area contributed by atoms with Crippen LogP contribution >= 0.6 is 11.3 Å². The van der Waals surface area contributed by atoms with Crippen molar-refractivity contribution in [1.29, 1.82) is 0 Å². The Bertz CT molecular complexity index is 1330. The number of para-hydroxylation sites is 1. The summed E-state index contributed by atoms with van der Waals surface area (Å²) in [5, 5.41) is 3.30. The number of fused-ring (bicyclic) bond motifs is 1. The van der Waals surface area contributed by atoms with Gasteiger partial charge < -0.3 is 14.6 Å². The fourth-order valence-electron chi connectivity index (χ4n) is 3.08. The molecule has 5 aromatic rings. The minimum absolute atomic E-state index is 0.238. The SMILES string of the molecule is Cc1nc(Oc2ccc(NC(=O)c3nc4ccccc4s3)cc2)cc(-n2cccc2)n1. The van der Waals surface area contributed by atoms with E-state index in [1.54, 1.807) is 30.3 Å². The van der Waals surface area contributed by atoms with E-state index in [9.17, 15) is 4.79 Å². The largest absolute Gasteiger partial charge is 0.439 e. The summed E-state index contributed by atoms with van der Waals surface area (Å²) in [6.45, 7) is 1.82. The molecule has 0 saturated carbocycles. The molecule has 0 unspecified atom stereocenters. The van der Waals surface area contributed by atoms with Gasteiger partial charge in [0.2, 0.25) is 5.88 Å². The molecule has 5 rings (SSSR count). The highest BCUT2D eigenvalue weighted by atomic mass is 32.1. The van der Waals surface area contributed by atoms with E-state index in [1.165, 1.54) is 11.3 Å². The maximum atomic E-state index is 12.5. The number of benzene rings is 2. The van der Waals surface area contributed by atoms with Crippen molar-refractivity contribution >= 4 is 33.1 Å². The van der Waals surface area contributed by atoms with Gasteiger partial charge in [0.05, 0.1) is 10.2 Å². The van der Waals surface area contributed by atoms with Gasteiger partial charge in [-0.2, -0.15) is 4.98 Å². The third kappa shape index (κ3) is 4.15. The van der Waals surface area contributed by atoms with Crippen LogP contribution in [0.2, 0.25) is 0 Å². The lowest BCUT2D eigenvalue weighted by Gasteiger charge is -2.09. The van der Waals surface area contributed by atoms with Crippen LogP contribution in [0.1, 0.15) is 15.6 Å². The molecule has 0 spiro atoms. The molecule has 0 saturated heterocycles. The summed E-state index contributed by atoms with van der Waals surface area (Å²) in [6, 6.07) is 20.4. The number of ether oxygens (including phenoxy) is 1. The molecule has 0 radical (unpaired) electrons. The fraction of sp³-hybridized carbons (Fsp3) is 0.0435. The Hall–Kier alpha value is -4.04. The molecule has 152 valence electrons. The molecule has 1 amide bonds. The van der Waals surface area contributed by atoms with E-state index in [4.69, 9.17) is 4.74 Å². The van der Waals surface area contributed by atoms with E-state index in [1.807, 2.05) is 60.3 Å². The minimum atomic E-state index is -0.238. The first-order valence-corrected chi connectivity index (χ1v) is 10.4. The van der Waals surface area contributed by atoms with Crippen LogP contribution in [0, 0.1) is 6.92 Å². The lowest BCUT2D eigenvalue weighted by molar-refractivity contribution is 0.102. The van der Waals surface area contributed by atoms with E-state index in [-0.39, 0.29) is 5.91 Å². The van der Waals surface area contributed by atoms with Gasteiger partial charge in [0.1, 0.15) is 17.4 Å². The predicted octanol–water partition coefficient (Wildman–Crippen LogP) is 5.23. The molecule has 31 heavy (non-hydrogen) atoms. The van der Waals surface area contributed by atoms with Crippen molar-refractivity contribution in [3.8, 4) is 17.4 Å². The zero-order chi connectivity index (χ0) is 21.2. The zero-order valence-electron chi connectivity index (χ0n) is 16.5. The summed E-state index contributed by atoms with van der Waals surface area (Å²) in [5.74, 6) is 2.16. The number of nitrogens with zero attached hydrogens (tertiary/aromatic N) is 4. The molecule has 0 bridgehead atoms. The van der Waals surface area contributed by atoms with Crippen LogP contribution in [0.4, 0.5) is 5.69 Å². The van der Waals surface area contributed by atoms with Gasteiger partial charge >= 0.3 is 0 Å². The van der Waals surface area contributed by atoms with Crippen molar-refractivity contribution in [3.05, 3.63) is 90.0 Å². The van der Waals surface area contributed by atoms with Crippen LogP contribution in [0.25, 0.3) is 16.0 Å². The van der Waals surface area contributed by atoms with Crippen molar-refractivity contribution in [3.63, 3.8) is 0 Å². The molecule has 0 aliphatic heterocycles. The van der Waals surface area contributed by atoms with Gasteiger partial charge in [-0.05, 0) is 55.5 Å². The second-order valence-electron chi connectivity index (χ2n) is 6.77. The van der Waals surface area contributed by atoms with E-state index in [0.717, 1.165) is 16.0 Å². The third-order valence-corrected chi connectivity index (χ3v) is 5.53. The fourth-order valence-corrected chi connectivity index (χ4v) is 3.94. The average Bonchev–Trinajstić information content (AvgIpc) is 3.45. The Morgan fingerprint density at radius 2 is 1.74 bits per heavy atom. The molecule has 3 aromatic heterocycles. The number of aryl methyl sites for hydroxylation is 1. The van der Waals surface area contributed by atoms with E-state index >= 15 is 0 Å². The number of carbonyl (C=O) groups excluding carboxylic acids is 1. The van der Waals surface area contributed by atoms with Crippen LogP contribution in [-0.4, -0.2) is 25.4 Å². The number of thiazole rings is 1. The molecule has 2 aromatic carbocycles. The molecule has 0 aliphatic rings. The first-order chi connectivity index (χ1) is 15.1. The quantitative estimate of drug-likeness (QED) is 0.415. The third-order valence-electron chi connectivity index (χ3n) is 4.49.